The number of aromatic nitrogens is 2. The second-order valence-corrected chi connectivity index (χ2v) is 13.8. The number of hydrogen-bond donors (Lipinski definition) is 1. The number of ether oxygens (including phenoxy) is 2. The highest BCUT2D eigenvalue weighted by Gasteiger charge is 2.34. The van der Waals surface area contributed by atoms with Crippen LogP contribution in [0.5, 0.6) is 11.5 Å². The fraction of sp³-hybridized carbons (Fsp3) is 0.310. The van der Waals surface area contributed by atoms with Crippen molar-refractivity contribution in [1.82, 2.24) is 18.9 Å². The van der Waals surface area contributed by atoms with Crippen LogP contribution in [0.15, 0.2) is 78.9 Å². The molecule has 0 saturated carbocycles. The zero-order valence-electron chi connectivity index (χ0n) is 31.2. The van der Waals surface area contributed by atoms with E-state index in [1.54, 1.807) is 47.9 Å². The molecule has 1 fully saturated rings. The van der Waals surface area contributed by atoms with Crippen molar-refractivity contribution >= 4 is 35.6 Å². The van der Waals surface area contributed by atoms with Crippen LogP contribution in [0.25, 0.3) is 11.3 Å². The van der Waals surface area contributed by atoms with Crippen LogP contribution in [-0.2, 0) is 31.8 Å². The third kappa shape index (κ3) is 7.08. The molecule has 0 aliphatic carbocycles. The SMILES string of the molecule is COc1ccc(-c2cc(C(=O)N(c3ccc(O)cc3)c3cc(C#N)n(C)c3C)c(C)n2C)c(C(=O)N2Cc3ccccc3C[C@H]2CN2CCOCC2)c1.Cl. The summed E-state index contributed by atoms with van der Waals surface area (Å²) in [5, 5.41) is 19.9. The van der Waals surface area contributed by atoms with Gasteiger partial charge in [0, 0.05) is 74.6 Å². The van der Waals surface area contributed by atoms with Crippen molar-refractivity contribution in [2.24, 2.45) is 14.1 Å². The maximum absolute atomic E-state index is 15.0. The van der Waals surface area contributed by atoms with Crippen molar-refractivity contribution in [2.75, 3.05) is 44.9 Å². The number of carbonyl (C=O) groups is 2. The molecule has 2 amide bonds. The van der Waals surface area contributed by atoms with Crippen LogP contribution >= 0.6 is 12.4 Å². The Hall–Kier alpha value is -5.54. The number of phenols is 1. The first-order valence-corrected chi connectivity index (χ1v) is 17.8. The number of rotatable bonds is 8. The van der Waals surface area contributed by atoms with Gasteiger partial charge in [0.25, 0.3) is 11.8 Å². The minimum atomic E-state index is -0.312. The van der Waals surface area contributed by atoms with E-state index >= 15 is 0 Å². The Morgan fingerprint density at radius 3 is 2.30 bits per heavy atom. The smallest absolute Gasteiger partial charge is 0.264 e. The van der Waals surface area contributed by atoms with Crippen LogP contribution < -0.4 is 9.64 Å². The standard InChI is InChI=1S/C42H44N6O5.ClH/c1-27-37(42(51)48(31-10-12-34(49)13-11-31)39-21-32(24-43)44(3)28(39)2)23-40(45(27)4)36-15-14-35(52-5)22-38(36)41(50)47-25-30-9-7-6-8-29(30)20-33(47)26-46-16-18-53-19-17-46;/h6-15,21-23,33,49H,16-20,25-26H2,1-5H3;1H/t33-;/m0./s1. The fourth-order valence-corrected chi connectivity index (χ4v) is 7.55. The van der Waals surface area contributed by atoms with Crippen LogP contribution in [0.4, 0.5) is 11.4 Å². The Morgan fingerprint density at radius 2 is 1.63 bits per heavy atom. The number of amides is 2. The molecule has 11 nitrogen and oxygen atoms in total. The molecule has 5 aromatic rings. The lowest BCUT2D eigenvalue weighted by molar-refractivity contribution is 0.0193. The van der Waals surface area contributed by atoms with Crippen molar-refractivity contribution in [3.63, 3.8) is 0 Å². The number of hydrogen-bond acceptors (Lipinski definition) is 7. The summed E-state index contributed by atoms with van der Waals surface area (Å²) in [6, 6.07) is 26.0. The van der Waals surface area contributed by atoms with Gasteiger partial charge in [0.05, 0.1) is 37.1 Å². The van der Waals surface area contributed by atoms with Gasteiger partial charge < -0.3 is 28.6 Å². The summed E-state index contributed by atoms with van der Waals surface area (Å²) < 4.78 is 15.0. The first-order valence-electron chi connectivity index (χ1n) is 17.8. The fourth-order valence-electron chi connectivity index (χ4n) is 7.55. The van der Waals surface area contributed by atoms with Crippen molar-refractivity contribution in [2.45, 2.75) is 32.9 Å². The topological polar surface area (TPSA) is 116 Å². The van der Waals surface area contributed by atoms with Gasteiger partial charge in [-0.25, -0.2) is 0 Å². The molecule has 4 heterocycles. The minimum Gasteiger partial charge on any atom is -0.508 e. The molecule has 0 bridgehead atoms. The first-order chi connectivity index (χ1) is 25.6. The zero-order chi connectivity index (χ0) is 37.4. The highest BCUT2D eigenvalue weighted by atomic mass is 35.5. The third-order valence-corrected chi connectivity index (χ3v) is 10.9. The number of benzene rings is 3. The Balaban J connectivity index is 0.00000497. The van der Waals surface area contributed by atoms with Gasteiger partial charge in [0.1, 0.15) is 23.3 Å². The quantitative estimate of drug-likeness (QED) is 0.192. The number of nitrogens with zero attached hydrogens (tertiary/aromatic N) is 6. The molecular formula is C42H45ClN6O5. The number of aromatic hydroxyl groups is 1. The summed E-state index contributed by atoms with van der Waals surface area (Å²) in [6.07, 6.45) is 0.750. The summed E-state index contributed by atoms with van der Waals surface area (Å²) in [5.74, 6) is 0.219. The van der Waals surface area contributed by atoms with Crippen LogP contribution in [0.3, 0.4) is 0 Å². The van der Waals surface area contributed by atoms with Crippen LogP contribution in [0.2, 0.25) is 0 Å². The number of methoxy groups -OCH3 is 1. The second kappa shape index (κ2) is 15.8. The molecule has 280 valence electrons. The molecule has 1 saturated heterocycles. The van der Waals surface area contributed by atoms with E-state index in [1.807, 2.05) is 54.6 Å². The van der Waals surface area contributed by atoms with Crippen LogP contribution in [0.1, 0.15) is 48.9 Å². The summed E-state index contributed by atoms with van der Waals surface area (Å²) >= 11 is 0. The molecule has 0 spiro atoms. The largest absolute Gasteiger partial charge is 0.508 e. The van der Waals surface area contributed by atoms with E-state index in [1.165, 1.54) is 17.7 Å². The van der Waals surface area contributed by atoms with E-state index < -0.39 is 0 Å². The number of fused-ring (bicyclic) bond motifs is 1. The van der Waals surface area contributed by atoms with E-state index in [-0.39, 0.29) is 36.0 Å². The summed E-state index contributed by atoms with van der Waals surface area (Å²) in [7, 11) is 5.27. The number of carbonyl (C=O) groups excluding carboxylic acids is 2. The number of nitriles is 1. The van der Waals surface area contributed by atoms with Gasteiger partial charge in [0.15, 0.2) is 0 Å². The van der Waals surface area contributed by atoms with E-state index in [0.717, 1.165) is 37.3 Å². The van der Waals surface area contributed by atoms with Gasteiger partial charge in [-0.05, 0) is 86.0 Å². The monoisotopic (exact) mass is 748 g/mol. The average Bonchev–Trinajstić information content (AvgIpc) is 3.64. The molecule has 2 aliphatic heterocycles. The van der Waals surface area contributed by atoms with E-state index in [0.29, 0.717) is 70.7 Å². The maximum Gasteiger partial charge on any atom is 0.264 e. The Kier molecular flexibility index (Phi) is 11.2. The number of morpholine rings is 1. The number of phenolic OH excluding ortho intramolecular Hbond substituents is 1. The predicted molar refractivity (Wildman–Crippen MR) is 210 cm³/mol. The van der Waals surface area contributed by atoms with Crippen LogP contribution in [-0.4, -0.2) is 81.9 Å². The molecule has 0 radical (unpaired) electrons. The molecule has 7 rings (SSSR count). The maximum atomic E-state index is 15.0. The third-order valence-electron chi connectivity index (χ3n) is 10.9. The molecule has 54 heavy (non-hydrogen) atoms. The van der Waals surface area contributed by atoms with Crippen molar-refractivity contribution in [1.29, 1.82) is 5.26 Å². The van der Waals surface area contributed by atoms with Gasteiger partial charge in [-0.2, -0.15) is 5.26 Å². The lowest BCUT2D eigenvalue weighted by Gasteiger charge is -2.40. The van der Waals surface area contributed by atoms with Crippen molar-refractivity contribution in [3.8, 4) is 28.8 Å². The molecule has 1 atom stereocenters. The number of anilines is 2. The predicted octanol–water partition coefficient (Wildman–Crippen LogP) is 6.53. The van der Waals surface area contributed by atoms with Gasteiger partial charge in [-0.3, -0.25) is 19.4 Å². The highest BCUT2D eigenvalue weighted by molar-refractivity contribution is 6.13. The Bertz CT molecular complexity index is 2230. The second-order valence-electron chi connectivity index (χ2n) is 13.8. The molecule has 2 aliphatic rings. The lowest BCUT2D eigenvalue weighted by Crippen LogP contribution is -2.52. The highest BCUT2D eigenvalue weighted by Crippen LogP contribution is 2.37. The zero-order valence-corrected chi connectivity index (χ0v) is 32.0. The van der Waals surface area contributed by atoms with E-state index in [9.17, 15) is 20.0 Å². The molecule has 12 heteroatoms. The first kappa shape index (κ1) is 38.2. The number of halogens is 1. The van der Waals surface area contributed by atoms with E-state index in [4.69, 9.17) is 9.47 Å². The average molecular weight is 749 g/mol. The molecule has 0 unspecified atom stereocenters. The summed E-state index contributed by atoms with van der Waals surface area (Å²) in [6.45, 7) is 7.98. The molecule has 3 aromatic carbocycles. The lowest BCUT2D eigenvalue weighted by atomic mass is 9.92. The molecule has 1 N–H and O–H groups in total. The molecular weight excluding hydrogens is 704 g/mol. The normalized spacial score (nSPS) is 15.6. The summed E-state index contributed by atoms with van der Waals surface area (Å²) in [4.78, 5) is 35.7. The van der Waals surface area contributed by atoms with Gasteiger partial charge in [-0.15, -0.1) is 12.4 Å². The van der Waals surface area contributed by atoms with Crippen molar-refractivity contribution < 1.29 is 24.2 Å². The van der Waals surface area contributed by atoms with Crippen LogP contribution in [0, 0.1) is 25.2 Å². The Labute approximate surface area is 321 Å². The minimum absolute atomic E-state index is 0. The van der Waals surface area contributed by atoms with Crippen molar-refractivity contribution in [3.05, 3.63) is 118 Å². The van der Waals surface area contributed by atoms with Gasteiger partial charge in [0.2, 0.25) is 0 Å². The van der Waals surface area contributed by atoms with Gasteiger partial charge >= 0.3 is 0 Å². The summed E-state index contributed by atoms with van der Waals surface area (Å²) in [5.41, 5.74) is 7.64. The Morgan fingerprint density at radius 1 is 0.926 bits per heavy atom. The van der Waals surface area contributed by atoms with E-state index in [2.05, 4.69) is 29.2 Å². The van der Waals surface area contributed by atoms with Gasteiger partial charge in [-0.1, -0.05) is 24.3 Å². The molecule has 2 aromatic heterocycles.